The first kappa shape index (κ1) is 13.2. The lowest BCUT2D eigenvalue weighted by molar-refractivity contribution is 0.00502. The Kier molecular flexibility index (Phi) is 3.78. The van der Waals surface area contributed by atoms with Gasteiger partial charge in [-0.2, -0.15) is 0 Å². The van der Waals surface area contributed by atoms with E-state index < -0.39 is 11.3 Å². The van der Waals surface area contributed by atoms with Crippen LogP contribution in [0.25, 0.3) is 0 Å². The fraction of sp³-hybridized carbons (Fsp3) is 0.909. The number of amides is 1. The lowest BCUT2D eigenvalue weighted by Crippen LogP contribution is -2.49. The summed E-state index contributed by atoms with van der Waals surface area (Å²) < 4.78 is 19.0. The van der Waals surface area contributed by atoms with Gasteiger partial charge in [-0.1, -0.05) is 0 Å². The van der Waals surface area contributed by atoms with Crippen molar-refractivity contribution in [2.24, 2.45) is 5.73 Å². The Bertz CT molecular complexity index is 264. The smallest absolute Gasteiger partial charge is 0.410 e. The molecule has 0 saturated carbocycles. The third-order valence-electron chi connectivity index (χ3n) is 2.68. The van der Waals surface area contributed by atoms with Crippen molar-refractivity contribution in [3.8, 4) is 0 Å². The largest absolute Gasteiger partial charge is 1.00 e. The predicted molar refractivity (Wildman–Crippen MR) is 62.2 cm³/mol. The maximum absolute atomic E-state index is 13.8. The highest BCUT2D eigenvalue weighted by Gasteiger charge is 2.35. The second-order valence-electron chi connectivity index (χ2n) is 5.32. The van der Waals surface area contributed by atoms with Crippen molar-refractivity contribution in [3.63, 3.8) is 0 Å². The maximum atomic E-state index is 13.8. The molecule has 1 amide bonds. The van der Waals surface area contributed by atoms with E-state index in [0.29, 0.717) is 25.9 Å². The number of likely N-dealkylation sites (tertiary alicyclic amines) is 1. The van der Waals surface area contributed by atoms with Crippen LogP contribution in [0.1, 0.15) is 36.5 Å². The minimum atomic E-state index is -1.31. The molecule has 1 fully saturated rings. The average Bonchev–Trinajstić information content (AvgIpc) is 2.16. The van der Waals surface area contributed by atoms with Crippen LogP contribution in [0, 0.1) is 0 Å². The first-order valence-corrected chi connectivity index (χ1v) is 5.63. The number of carbonyl (C=O) groups is 1. The zero-order chi connectivity index (χ0) is 12.4. The van der Waals surface area contributed by atoms with Gasteiger partial charge in [0.2, 0.25) is 0 Å². The number of rotatable bonds is 1. The topological polar surface area (TPSA) is 55.6 Å². The SMILES string of the molecule is CC(C)(C)OC(=O)N1CCC(F)(CN)CC1.[H-].[H-]. The van der Waals surface area contributed by atoms with Crippen LogP contribution in [0.4, 0.5) is 9.18 Å². The molecule has 98 valence electrons. The van der Waals surface area contributed by atoms with Gasteiger partial charge in [-0.15, -0.1) is 0 Å². The van der Waals surface area contributed by atoms with Gasteiger partial charge in [0.05, 0.1) is 0 Å². The number of nitrogens with zero attached hydrogens (tertiary/aromatic N) is 1. The molecule has 2 N–H and O–H groups in total. The minimum Gasteiger partial charge on any atom is -1.00 e. The molecule has 5 heteroatoms. The lowest BCUT2D eigenvalue weighted by atomic mass is 9.94. The highest BCUT2D eigenvalue weighted by Crippen LogP contribution is 2.26. The highest BCUT2D eigenvalue weighted by molar-refractivity contribution is 5.68. The number of hydrogen-bond acceptors (Lipinski definition) is 3. The molecule has 0 aromatic carbocycles. The molecule has 1 heterocycles. The number of carbonyl (C=O) groups excluding carboxylic acids is 1. The molecule has 1 aliphatic heterocycles. The number of ether oxygens (including phenoxy) is 1. The van der Waals surface area contributed by atoms with E-state index in [2.05, 4.69) is 0 Å². The van der Waals surface area contributed by atoms with E-state index in [1.807, 2.05) is 20.8 Å². The van der Waals surface area contributed by atoms with Crippen molar-refractivity contribution in [1.29, 1.82) is 0 Å². The zero-order valence-corrected chi connectivity index (χ0v) is 10.3. The van der Waals surface area contributed by atoms with Gasteiger partial charge in [0, 0.05) is 32.5 Å². The second kappa shape index (κ2) is 4.57. The van der Waals surface area contributed by atoms with Crippen LogP contribution >= 0.6 is 0 Å². The molecule has 1 rings (SSSR count). The molecule has 0 aromatic rings. The van der Waals surface area contributed by atoms with Gasteiger partial charge in [0.1, 0.15) is 11.3 Å². The van der Waals surface area contributed by atoms with E-state index in [1.54, 1.807) is 4.90 Å². The standard InChI is InChI=1S/C11H21FN2O2.2H/c1-10(2,3)16-9(15)14-6-4-11(12,8-13)5-7-14;;/h4-8,13H2,1-3H3;;/q;2*-1. The molecule has 16 heavy (non-hydrogen) atoms. The van der Waals surface area contributed by atoms with Gasteiger partial charge in [-0.25, -0.2) is 9.18 Å². The minimum absolute atomic E-state index is 0. The van der Waals surface area contributed by atoms with Crippen molar-refractivity contribution in [2.75, 3.05) is 19.6 Å². The molecule has 0 atom stereocenters. The van der Waals surface area contributed by atoms with Crippen LogP contribution in [0.5, 0.6) is 0 Å². The van der Waals surface area contributed by atoms with E-state index in [4.69, 9.17) is 10.5 Å². The van der Waals surface area contributed by atoms with Crippen LogP contribution < -0.4 is 5.73 Å². The maximum Gasteiger partial charge on any atom is 0.410 e. The third kappa shape index (κ3) is 3.63. The average molecular weight is 234 g/mol. The molecule has 0 aliphatic carbocycles. The Balaban J connectivity index is 0. The van der Waals surface area contributed by atoms with E-state index >= 15 is 0 Å². The van der Waals surface area contributed by atoms with Gasteiger partial charge in [0.25, 0.3) is 0 Å². The van der Waals surface area contributed by atoms with Gasteiger partial charge >= 0.3 is 6.09 Å². The first-order chi connectivity index (χ1) is 7.26. The van der Waals surface area contributed by atoms with Crippen molar-refractivity contribution in [2.45, 2.75) is 44.9 Å². The fourth-order valence-corrected chi connectivity index (χ4v) is 1.62. The summed E-state index contributed by atoms with van der Waals surface area (Å²) in [5, 5.41) is 0. The van der Waals surface area contributed by atoms with Gasteiger partial charge in [0.15, 0.2) is 0 Å². The summed E-state index contributed by atoms with van der Waals surface area (Å²) in [7, 11) is 0. The van der Waals surface area contributed by atoms with Crippen LogP contribution in [-0.2, 0) is 4.74 Å². The number of piperidine rings is 1. The van der Waals surface area contributed by atoms with Crippen LogP contribution in [0.3, 0.4) is 0 Å². The van der Waals surface area contributed by atoms with Crippen LogP contribution in [0.15, 0.2) is 0 Å². The summed E-state index contributed by atoms with van der Waals surface area (Å²) in [6.07, 6.45) is 0.220. The number of alkyl halides is 1. The Morgan fingerprint density at radius 3 is 2.38 bits per heavy atom. The monoisotopic (exact) mass is 234 g/mol. The van der Waals surface area contributed by atoms with Gasteiger partial charge in [-0.3, -0.25) is 0 Å². The first-order valence-electron chi connectivity index (χ1n) is 5.63. The molecule has 0 radical (unpaired) electrons. The normalized spacial score (nSPS) is 20.7. The molecule has 0 bridgehead atoms. The Morgan fingerprint density at radius 2 is 2.00 bits per heavy atom. The van der Waals surface area contributed by atoms with Crippen LogP contribution in [0.2, 0.25) is 0 Å². The number of nitrogens with two attached hydrogens (primary N) is 1. The molecule has 0 spiro atoms. The zero-order valence-electron chi connectivity index (χ0n) is 12.3. The molecule has 4 nitrogen and oxygen atoms in total. The van der Waals surface area contributed by atoms with E-state index in [-0.39, 0.29) is 15.5 Å². The molecule has 0 aromatic heterocycles. The van der Waals surface area contributed by atoms with E-state index in [9.17, 15) is 9.18 Å². The Labute approximate surface area is 98.9 Å². The summed E-state index contributed by atoms with van der Waals surface area (Å²) in [5.74, 6) is 0. The summed E-state index contributed by atoms with van der Waals surface area (Å²) in [5.41, 5.74) is 3.54. The van der Waals surface area contributed by atoms with E-state index in [1.165, 1.54) is 0 Å². The van der Waals surface area contributed by atoms with E-state index in [0.717, 1.165) is 0 Å². The highest BCUT2D eigenvalue weighted by atomic mass is 19.1. The summed E-state index contributed by atoms with van der Waals surface area (Å²) in [6, 6.07) is 0. The summed E-state index contributed by atoms with van der Waals surface area (Å²) in [4.78, 5) is 13.2. The Morgan fingerprint density at radius 1 is 1.50 bits per heavy atom. The van der Waals surface area contributed by atoms with Crippen LogP contribution in [-0.4, -0.2) is 41.9 Å². The van der Waals surface area contributed by atoms with Crippen molar-refractivity contribution >= 4 is 6.09 Å². The lowest BCUT2D eigenvalue weighted by Gasteiger charge is -2.36. The second-order valence-corrected chi connectivity index (χ2v) is 5.32. The third-order valence-corrected chi connectivity index (χ3v) is 2.68. The van der Waals surface area contributed by atoms with Crippen molar-refractivity contribution in [1.82, 2.24) is 4.90 Å². The van der Waals surface area contributed by atoms with Gasteiger partial charge < -0.3 is 18.2 Å². The molecular formula is C11H23FN2O2-2. The Hall–Kier alpha value is -0.840. The molecule has 0 unspecified atom stereocenters. The molecule has 1 saturated heterocycles. The van der Waals surface area contributed by atoms with Crippen molar-refractivity contribution < 1.29 is 16.8 Å². The van der Waals surface area contributed by atoms with Crippen molar-refractivity contribution in [3.05, 3.63) is 0 Å². The number of halogens is 1. The van der Waals surface area contributed by atoms with Gasteiger partial charge in [-0.05, 0) is 20.8 Å². The number of hydrogen-bond donors (Lipinski definition) is 1. The fourth-order valence-electron chi connectivity index (χ4n) is 1.62. The summed E-state index contributed by atoms with van der Waals surface area (Å²) in [6.45, 7) is 6.22. The summed E-state index contributed by atoms with van der Waals surface area (Å²) >= 11 is 0. The molecule has 1 aliphatic rings. The quantitative estimate of drug-likeness (QED) is 0.754. The molecular weight excluding hydrogens is 211 g/mol. The predicted octanol–water partition coefficient (Wildman–Crippen LogP) is 1.91.